The number of aliphatic hydroxyl groups is 3. The van der Waals surface area contributed by atoms with Crippen molar-refractivity contribution in [2.75, 3.05) is 6.61 Å². The third-order valence-corrected chi connectivity index (χ3v) is 4.74. The maximum absolute atomic E-state index is 12.6. The zero-order valence-corrected chi connectivity index (χ0v) is 15.0. The van der Waals surface area contributed by atoms with Crippen molar-refractivity contribution in [1.82, 2.24) is 0 Å². The van der Waals surface area contributed by atoms with Gasteiger partial charge in [-0.3, -0.25) is 9.59 Å². The Morgan fingerprint density at radius 1 is 1.26 bits per heavy atom. The molecule has 1 aliphatic heterocycles. The molecule has 8 nitrogen and oxygen atoms in total. The summed E-state index contributed by atoms with van der Waals surface area (Å²) in [5.41, 5.74) is 0.165. The number of ketones is 1. The summed E-state index contributed by atoms with van der Waals surface area (Å²) in [7, 11) is 0. The number of phenols is 1. The molecule has 146 valence electrons. The van der Waals surface area contributed by atoms with Gasteiger partial charge >= 0.3 is 0 Å². The molecule has 1 aromatic carbocycles. The van der Waals surface area contributed by atoms with E-state index in [1.165, 1.54) is 19.1 Å². The fourth-order valence-electron chi connectivity index (χ4n) is 3.50. The van der Waals surface area contributed by atoms with Crippen molar-refractivity contribution in [3.63, 3.8) is 0 Å². The van der Waals surface area contributed by atoms with Crippen LogP contribution in [0.1, 0.15) is 36.3 Å². The zero-order chi connectivity index (χ0) is 19.9. The van der Waals surface area contributed by atoms with E-state index in [2.05, 4.69) is 0 Å². The molecule has 3 rings (SSSR count). The van der Waals surface area contributed by atoms with Crippen molar-refractivity contribution in [3.8, 4) is 5.75 Å². The molecule has 0 amide bonds. The van der Waals surface area contributed by atoms with Gasteiger partial charge in [0, 0.05) is 12.5 Å². The molecule has 27 heavy (non-hydrogen) atoms. The van der Waals surface area contributed by atoms with Gasteiger partial charge < -0.3 is 29.6 Å². The standard InChI is InChI=1S/C19H22O8/c1-8-3-12(23)17(18-14(25)6-11(22)15(7-20)27-18)19-16(8)13(24)5-10(26-19)4-9(2)21/h3,5,11,14-15,18,20,22-23,25H,4,6-7H2,1-2H3/t11?,14?,15-,18-/m1/s1. The van der Waals surface area contributed by atoms with Crippen molar-refractivity contribution in [1.29, 1.82) is 0 Å². The van der Waals surface area contributed by atoms with E-state index >= 15 is 0 Å². The molecule has 1 fully saturated rings. The first-order valence-electron chi connectivity index (χ1n) is 8.64. The number of aryl methyl sites for hydroxylation is 1. The lowest BCUT2D eigenvalue weighted by Gasteiger charge is -2.37. The highest BCUT2D eigenvalue weighted by atomic mass is 16.5. The minimum atomic E-state index is -1.19. The van der Waals surface area contributed by atoms with E-state index in [-0.39, 0.29) is 52.1 Å². The van der Waals surface area contributed by atoms with Crippen LogP contribution in [0.5, 0.6) is 5.75 Å². The second-order valence-electron chi connectivity index (χ2n) is 6.93. The molecule has 1 saturated heterocycles. The molecule has 0 spiro atoms. The van der Waals surface area contributed by atoms with Gasteiger partial charge in [-0.2, -0.15) is 0 Å². The third-order valence-electron chi connectivity index (χ3n) is 4.74. The second kappa shape index (κ2) is 7.40. The van der Waals surface area contributed by atoms with Gasteiger partial charge in [0.25, 0.3) is 0 Å². The number of aromatic hydroxyl groups is 1. The number of Topliss-reactive ketones (excluding diaryl/α,β-unsaturated/α-hetero) is 1. The minimum Gasteiger partial charge on any atom is -0.507 e. The highest BCUT2D eigenvalue weighted by molar-refractivity contribution is 5.86. The summed E-state index contributed by atoms with van der Waals surface area (Å²) in [4.78, 5) is 24.0. The Morgan fingerprint density at radius 3 is 2.59 bits per heavy atom. The molecule has 1 aliphatic rings. The van der Waals surface area contributed by atoms with Crippen LogP contribution >= 0.6 is 0 Å². The monoisotopic (exact) mass is 378 g/mol. The zero-order valence-electron chi connectivity index (χ0n) is 15.0. The summed E-state index contributed by atoms with van der Waals surface area (Å²) in [6.45, 7) is 2.51. The lowest BCUT2D eigenvalue weighted by molar-refractivity contribution is -0.182. The fraction of sp³-hybridized carbons (Fsp3) is 0.474. The number of fused-ring (bicyclic) bond motifs is 1. The molecule has 0 saturated carbocycles. The largest absolute Gasteiger partial charge is 0.507 e. The lowest BCUT2D eigenvalue weighted by atomic mass is 9.91. The number of hydrogen-bond acceptors (Lipinski definition) is 8. The minimum absolute atomic E-state index is 0.0216. The van der Waals surface area contributed by atoms with Crippen LogP contribution in [0.15, 0.2) is 21.3 Å². The van der Waals surface area contributed by atoms with Crippen LogP contribution in [0, 0.1) is 6.92 Å². The third kappa shape index (κ3) is 3.61. The van der Waals surface area contributed by atoms with Crippen molar-refractivity contribution in [3.05, 3.63) is 39.2 Å². The Balaban J connectivity index is 2.23. The average Bonchev–Trinajstić information content (AvgIpc) is 2.55. The molecule has 8 heteroatoms. The van der Waals surface area contributed by atoms with Crippen LogP contribution in [0.3, 0.4) is 0 Å². The normalized spacial score (nSPS) is 25.7. The number of rotatable bonds is 4. The van der Waals surface area contributed by atoms with E-state index in [1.807, 2.05) is 0 Å². The maximum atomic E-state index is 12.6. The second-order valence-corrected chi connectivity index (χ2v) is 6.93. The molecular formula is C19H22O8. The molecule has 2 heterocycles. The van der Waals surface area contributed by atoms with Gasteiger partial charge in [0.1, 0.15) is 35.1 Å². The summed E-state index contributed by atoms with van der Waals surface area (Å²) in [6.07, 6.45) is -4.51. The quantitative estimate of drug-likeness (QED) is 0.603. The molecule has 2 unspecified atom stereocenters. The highest BCUT2D eigenvalue weighted by Crippen LogP contribution is 2.41. The number of phenolic OH excluding ortho intramolecular Hbond substituents is 1. The first-order chi connectivity index (χ1) is 12.7. The van der Waals surface area contributed by atoms with Crippen molar-refractivity contribution < 1.29 is 34.4 Å². The maximum Gasteiger partial charge on any atom is 0.193 e. The van der Waals surface area contributed by atoms with Gasteiger partial charge in [0.2, 0.25) is 0 Å². The van der Waals surface area contributed by atoms with Gasteiger partial charge in [-0.05, 0) is 25.5 Å². The number of aliphatic hydroxyl groups excluding tert-OH is 3. The molecule has 0 bridgehead atoms. The van der Waals surface area contributed by atoms with Crippen LogP contribution in [0.2, 0.25) is 0 Å². The lowest BCUT2D eigenvalue weighted by Crippen LogP contribution is -2.44. The number of benzene rings is 1. The summed E-state index contributed by atoms with van der Waals surface area (Å²) < 4.78 is 11.3. The Labute approximate surface area is 154 Å². The molecule has 1 aromatic heterocycles. The number of carbonyl (C=O) groups excluding carboxylic acids is 1. The Bertz CT molecular complexity index is 931. The highest BCUT2D eigenvalue weighted by Gasteiger charge is 2.39. The van der Waals surface area contributed by atoms with E-state index in [0.717, 1.165) is 0 Å². The summed E-state index contributed by atoms with van der Waals surface area (Å²) in [6, 6.07) is 2.60. The van der Waals surface area contributed by atoms with Gasteiger partial charge in [-0.15, -0.1) is 0 Å². The topological polar surface area (TPSA) is 137 Å². The van der Waals surface area contributed by atoms with E-state index in [9.17, 15) is 30.0 Å². The number of ether oxygens (including phenoxy) is 1. The van der Waals surface area contributed by atoms with E-state index in [4.69, 9.17) is 9.15 Å². The average molecular weight is 378 g/mol. The van der Waals surface area contributed by atoms with Crippen LogP contribution in [-0.2, 0) is 16.0 Å². The number of hydrogen-bond donors (Lipinski definition) is 4. The Kier molecular flexibility index (Phi) is 5.34. The van der Waals surface area contributed by atoms with Crippen LogP contribution < -0.4 is 5.43 Å². The molecule has 0 radical (unpaired) electrons. The smallest absolute Gasteiger partial charge is 0.193 e. The Morgan fingerprint density at radius 2 is 1.96 bits per heavy atom. The SMILES string of the molecule is CC(=O)Cc1cc(=O)c2c(C)cc(O)c([C@@H]3O[C@H](CO)C(O)CC3O)c2o1. The van der Waals surface area contributed by atoms with Crippen LogP contribution in [0.25, 0.3) is 11.0 Å². The van der Waals surface area contributed by atoms with E-state index in [1.54, 1.807) is 6.92 Å². The number of carbonyl (C=O) groups is 1. The summed E-state index contributed by atoms with van der Waals surface area (Å²) in [5, 5.41) is 40.4. The molecule has 2 aromatic rings. The van der Waals surface area contributed by atoms with Gasteiger partial charge in [0.05, 0.1) is 36.2 Å². The summed E-state index contributed by atoms with van der Waals surface area (Å²) >= 11 is 0. The molecule has 4 N–H and O–H groups in total. The van der Waals surface area contributed by atoms with Gasteiger partial charge in [-0.1, -0.05) is 0 Å². The summed E-state index contributed by atoms with van der Waals surface area (Å²) in [5.74, 6) is -0.316. The van der Waals surface area contributed by atoms with E-state index in [0.29, 0.717) is 5.56 Å². The first-order valence-corrected chi connectivity index (χ1v) is 8.64. The fourth-order valence-corrected chi connectivity index (χ4v) is 3.50. The van der Waals surface area contributed by atoms with Gasteiger partial charge in [0.15, 0.2) is 5.43 Å². The Hall–Kier alpha value is -2.26. The molecule has 0 aliphatic carbocycles. The van der Waals surface area contributed by atoms with Crippen molar-refractivity contribution in [2.45, 2.75) is 51.1 Å². The predicted octanol–water partition coefficient (Wildman–Crippen LogP) is 0.483. The predicted molar refractivity (Wildman–Crippen MR) is 94.6 cm³/mol. The van der Waals surface area contributed by atoms with E-state index < -0.39 is 31.0 Å². The molecule has 4 atom stereocenters. The van der Waals surface area contributed by atoms with Crippen molar-refractivity contribution in [2.24, 2.45) is 0 Å². The van der Waals surface area contributed by atoms with Gasteiger partial charge in [-0.25, -0.2) is 0 Å². The van der Waals surface area contributed by atoms with Crippen molar-refractivity contribution >= 4 is 16.8 Å². The first kappa shape index (κ1) is 19.5. The van der Waals surface area contributed by atoms with Crippen LogP contribution in [0.4, 0.5) is 0 Å². The molecular weight excluding hydrogens is 356 g/mol. The van der Waals surface area contributed by atoms with Crippen LogP contribution in [-0.4, -0.2) is 51.1 Å².